The minimum absolute atomic E-state index is 0.0691. The number of likely N-dealkylation sites (tertiary alicyclic amines) is 1. The highest BCUT2D eigenvalue weighted by molar-refractivity contribution is 6.08. The maximum atomic E-state index is 13.3. The van der Waals surface area contributed by atoms with E-state index in [9.17, 15) is 9.59 Å². The lowest BCUT2D eigenvalue weighted by Crippen LogP contribution is -2.50. The van der Waals surface area contributed by atoms with Crippen LogP contribution in [0.3, 0.4) is 0 Å². The van der Waals surface area contributed by atoms with Gasteiger partial charge in [0.25, 0.3) is 5.91 Å². The SMILES string of the molecule is COCCN1C(=O)C2(CCN(C(=O)c3ccccn3)CC2)c2ccccc21. The van der Waals surface area contributed by atoms with Crippen LogP contribution in [0.1, 0.15) is 28.9 Å². The first-order valence-corrected chi connectivity index (χ1v) is 9.28. The molecular formula is C21H23N3O3. The molecule has 2 aromatic rings. The van der Waals surface area contributed by atoms with E-state index in [2.05, 4.69) is 11.1 Å². The van der Waals surface area contributed by atoms with Crippen molar-refractivity contribution < 1.29 is 14.3 Å². The predicted octanol–water partition coefficient (Wildman–Crippen LogP) is 2.25. The Morgan fingerprint density at radius 2 is 1.89 bits per heavy atom. The van der Waals surface area contributed by atoms with Crippen molar-refractivity contribution in [2.45, 2.75) is 18.3 Å². The smallest absolute Gasteiger partial charge is 0.272 e. The van der Waals surface area contributed by atoms with E-state index in [-0.39, 0.29) is 11.8 Å². The summed E-state index contributed by atoms with van der Waals surface area (Å²) in [5.74, 6) is 0.0612. The Bertz CT molecular complexity index is 845. The van der Waals surface area contributed by atoms with Gasteiger partial charge in [0.15, 0.2) is 0 Å². The Morgan fingerprint density at radius 1 is 1.15 bits per heavy atom. The molecule has 2 aliphatic heterocycles. The van der Waals surface area contributed by atoms with E-state index in [1.54, 1.807) is 30.3 Å². The van der Waals surface area contributed by atoms with Gasteiger partial charge in [0, 0.05) is 38.6 Å². The monoisotopic (exact) mass is 365 g/mol. The zero-order valence-electron chi connectivity index (χ0n) is 15.4. The van der Waals surface area contributed by atoms with Gasteiger partial charge in [0.05, 0.1) is 12.0 Å². The van der Waals surface area contributed by atoms with Crippen LogP contribution in [0, 0.1) is 0 Å². The van der Waals surface area contributed by atoms with Crippen LogP contribution < -0.4 is 4.90 Å². The molecule has 2 aliphatic rings. The maximum Gasteiger partial charge on any atom is 0.272 e. The first kappa shape index (κ1) is 17.7. The van der Waals surface area contributed by atoms with Crippen molar-refractivity contribution in [3.63, 3.8) is 0 Å². The summed E-state index contributed by atoms with van der Waals surface area (Å²) in [6, 6.07) is 13.3. The molecular weight excluding hydrogens is 342 g/mol. The Kier molecular flexibility index (Phi) is 4.66. The molecule has 0 N–H and O–H groups in total. The second-order valence-electron chi connectivity index (χ2n) is 7.06. The molecule has 0 atom stereocenters. The molecule has 1 aromatic heterocycles. The number of amides is 2. The number of methoxy groups -OCH3 is 1. The standard InChI is InChI=1S/C21H23N3O3/c1-27-15-14-24-18-8-3-2-6-16(18)21(20(24)26)9-12-23(13-10-21)19(25)17-7-4-5-11-22-17/h2-8,11H,9-10,12-15H2,1H3. The minimum Gasteiger partial charge on any atom is -0.383 e. The normalized spacial score (nSPS) is 18.0. The fraction of sp³-hybridized carbons (Fsp3) is 0.381. The molecule has 6 heteroatoms. The topological polar surface area (TPSA) is 62.7 Å². The number of carbonyl (C=O) groups is 2. The fourth-order valence-electron chi connectivity index (χ4n) is 4.23. The number of rotatable bonds is 4. The molecule has 27 heavy (non-hydrogen) atoms. The van der Waals surface area contributed by atoms with Crippen molar-refractivity contribution in [1.29, 1.82) is 0 Å². The van der Waals surface area contributed by atoms with Gasteiger partial charge in [-0.1, -0.05) is 24.3 Å². The fourth-order valence-corrected chi connectivity index (χ4v) is 4.23. The van der Waals surface area contributed by atoms with Gasteiger partial charge in [-0.15, -0.1) is 0 Å². The Hall–Kier alpha value is -2.73. The van der Waals surface area contributed by atoms with E-state index in [1.165, 1.54) is 0 Å². The van der Waals surface area contributed by atoms with Crippen molar-refractivity contribution in [3.8, 4) is 0 Å². The summed E-state index contributed by atoms with van der Waals surface area (Å²) in [6.07, 6.45) is 2.89. The Labute approximate surface area is 158 Å². The van der Waals surface area contributed by atoms with Crippen molar-refractivity contribution >= 4 is 17.5 Å². The zero-order chi connectivity index (χ0) is 18.9. The third kappa shape index (κ3) is 2.90. The molecule has 1 spiro atoms. The second kappa shape index (κ2) is 7.12. The van der Waals surface area contributed by atoms with E-state index in [0.717, 1.165) is 11.3 Å². The van der Waals surface area contributed by atoms with Crippen molar-refractivity contribution in [2.75, 3.05) is 38.3 Å². The highest BCUT2D eigenvalue weighted by Crippen LogP contribution is 2.47. The lowest BCUT2D eigenvalue weighted by Gasteiger charge is -2.38. The van der Waals surface area contributed by atoms with E-state index < -0.39 is 5.41 Å². The van der Waals surface area contributed by atoms with Crippen LogP contribution in [-0.4, -0.2) is 55.0 Å². The molecule has 0 radical (unpaired) electrons. The van der Waals surface area contributed by atoms with E-state index in [0.29, 0.717) is 44.8 Å². The first-order valence-electron chi connectivity index (χ1n) is 9.28. The van der Waals surface area contributed by atoms with Crippen LogP contribution in [-0.2, 0) is 14.9 Å². The molecule has 0 bridgehead atoms. The first-order chi connectivity index (χ1) is 13.2. The largest absolute Gasteiger partial charge is 0.383 e. The summed E-state index contributed by atoms with van der Waals surface area (Å²) in [4.78, 5) is 33.8. The molecule has 1 saturated heterocycles. The summed E-state index contributed by atoms with van der Waals surface area (Å²) in [6.45, 7) is 2.15. The maximum absolute atomic E-state index is 13.3. The van der Waals surface area contributed by atoms with Crippen molar-refractivity contribution in [2.24, 2.45) is 0 Å². The quantitative estimate of drug-likeness (QED) is 0.834. The third-order valence-electron chi connectivity index (χ3n) is 5.67. The number of para-hydroxylation sites is 1. The second-order valence-corrected chi connectivity index (χ2v) is 7.06. The number of fused-ring (bicyclic) bond motifs is 2. The number of piperidine rings is 1. The highest BCUT2D eigenvalue weighted by atomic mass is 16.5. The highest BCUT2D eigenvalue weighted by Gasteiger charge is 2.52. The van der Waals surface area contributed by atoms with Gasteiger partial charge < -0.3 is 14.5 Å². The summed E-state index contributed by atoms with van der Waals surface area (Å²) in [7, 11) is 1.64. The van der Waals surface area contributed by atoms with E-state index in [1.807, 2.05) is 29.2 Å². The average molecular weight is 365 g/mol. The van der Waals surface area contributed by atoms with Gasteiger partial charge in [0.1, 0.15) is 5.69 Å². The van der Waals surface area contributed by atoms with Crippen LogP contribution in [0.2, 0.25) is 0 Å². The molecule has 0 saturated carbocycles. The Balaban J connectivity index is 1.57. The predicted molar refractivity (Wildman–Crippen MR) is 102 cm³/mol. The number of anilines is 1. The number of nitrogens with zero attached hydrogens (tertiary/aromatic N) is 3. The van der Waals surface area contributed by atoms with Crippen LogP contribution in [0.4, 0.5) is 5.69 Å². The summed E-state index contributed by atoms with van der Waals surface area (Å²) < 4.78 is 5.19. The van der Waals surface area contributed by atoms with Crippen LogP contribution >= 0.6 is 0 Å². The van der Waals surface area contributed by atoms with Crippen LogP contribution in [0.5, 0.6) is 0 Å². The number of pyridine rings is 1. The van der Waals surface area contributed by atoms with E-state index in [4.69, 9.17) is 4.74 Å². The minimum atomic E-state index is -0.536. The molecule has 140 valence electrons. The molecule has 4 rings (SSSR count). The molecule has 0 unspecified atom stereocenters. The van der Waals surface area contributed by atoms with Crippen molar-refractivity contribution in [3.05, 3.63) is 59.9 Å². The summed E-state index contributed by atoms with van der Waals surface area (Å²) in [5.41, 5.74) is 1.97. The van der Waals surface area contributed by atoms with Gasteiger partial charge in [0.2, 0.25) is 5.91 Å². The van der Waals surface area contributed by atoms with Gasteiger partial charge >= 0.3 is 0 Å². The summed E-state index contributed by atoms with van der Waals surface area (Å²) >= 11 is 0. The molecule has 6 nitrogen and oxygen atoms in total. The number of ether oxygens (including phenoxy) is 1. The number of carbonyl (C=O) groups excluding carboxylic acids is 2. The number of hydrogen-bond donors (Lipinski definition) is 0. The summed E-state index contributed by atoms with van der Waals surface area (Å²) in [5, 5.41) is 0. The zero-order valence-corrected chi connectivity index (χ0v) is 15.4. The molecule has 1 fully saturated rings. The molecule has 1 aromatic carbocycles. The van der Waals surface area contributed by atoms with E-state index >= 15 is 0 Å². The van der Waals surface area contributed by atoms with Crippen LogP contribution in [0.25, 0.3) is 0 Å². The van der Waals surface area contributed by atoms with Gasteiger partial charge in [-0.2, -0.15) is 0 Å². The van der Waals surface area contributed by atoms with Gasteiger partial charge in [-0.25, -0.2) is 0 Å². The number of aromatic nitrogens is 1. The lowest BCUT2D eigenvalue weighted by atomic mass is 9.73. The molecule has 0 aliphatic carbocycles. The van der Waals surface area contributed by atoms with Crippen molar-refractivity contribution in [1.82, 2.24) is 9.88 Å². The van der Waals surface area contributed by atoms with Gasteiger partial charge in [-0.05, 0) is 36.6 Å². The molecule has 2 amide bonds. The third-order valence-corrected chi connectivity index (χ3v) is 5.67. The molecule has 3 heterocycles. The number of hydrogen-bond acceptors (Lipinski definition) is 4. The lowest BCUT2D eigenvalue weighted by molar-refractivity contribution is -0.124. The van der Waals surface area contributed by atoms with Crippen LogP contribution in [0.15, 0.2) is 48.7 Å². The number of benzene rings is 1. The average Bonchev–Trinajstić information content (AvgIpc) is 2.95. The van der Waals surface area contributed by atoms with Gasteiger partial charge in [-0.3, -0.25) is 14.6 Å². The Morgan fingerprint density at radius 3 is 2.59 bits per heavy atom.